The van der Waals surface area contributed by atoms with Gasteiger partial charge in [-0.15, -0.1) is 0 Å². The number of hydrogen-bond donors (Lipinski definition) is 2. The quantitative estimate of drug-likeness (QED) is 0.676. The molecule has 156 valence electrons. The van der Waals surface area contributed by atoms with Gasteiger partial charge in [0.25, 0.3) is 5.91 Å². The van der Waals surface area contributed by atoms with Gasteiger partial charge in [-0.25, -0.2) is 4.39 Å². The fraction of sp³-hybridized carbons (Fsp3) is 0.409. The van der Waals surface area contributed by atoms with Crippen LogP contribution in [0.2, 0.25) is 0 Å². The molecule has 2 atom stereocenters. The second-order valence-corrected chi connectivity index (χ2v) is 7.23. The smallest absolute Gasteiger partial charge is 0.260 e. The third-order valence-electron chi connectivity index (χ3n) is 5.13. The van der Waals surface area contributed by atoms with Crippen molar-refractivity contribution in [3.63, 3.8) is 0 Å². The van der Waals surface area contributed by atoms with E-state index in [1.807, 2.05) is 18.2 Å². The Labute approximate surface area is 171 Å². The number of nitrogens with zero attached hydrogens (tertiary/aromatic N) is 1. The number of hydrazine groups is 1. The Hall–Kier alpha value is -2.64. The maximum absolute atomic E-state index is 13.4. The first-order valence-electron chi connectivity index (χ1n) is 9.83. The number of carbonyl (C=O) groups is 1. The molecular weight excluding hydrogens is 373 g/mol. The molecule has 0 saturated carbocycles. The van der Waals surface area contributed by atoms with Crippen LogP contribution in [-0.4, -0.2) is 44.2 Å². The third kappa shape index (κ3) is 5.92. The summed E-state index contributed by atoms with van der Waals surface area (Å²) in [5, 5.41) is 0. The van der Waals surface area contributed by atoms with Crippen molar-refractivity contribution < 1.29 is 18.7 Å². The van der Waals surface area contributed by atoms with Crippen molar-refractivity contribution in [3.05, 3.63) is 59.9 Å². The van der Waals surface area contributed by atoms with Crippen molar-refractivity contribution in [1.82, 2.24) is 15.8 Å². The van der Waals surface area contributed by atoms with E-state index in [2.05, 4.69) is 10.9 Å². The SMILES string of the molecule is COc1ccccc1OCC(=O)N(C)CCCC1CC(c2cccc(F)c2)NN1. The van der Waals surface area contributed by atoms with E-state index in [1.54, 1.807) is 43.3 Å². The average molecular weight is 401 g/mol. The number of rotatable bonds is 9. The summed E-state index contributed by atoms with van der Waals surface area (Å²) in [5.41, 5.74) is 7.45. The topological polar surface area (TPSA) is 62.8 Å². The predicted octanol–water partition coefficient (Wildman–Crippen LogP) is 3.06. The van der Waals surface area contributed by atoms with Gasteiger partial charge in [0.15, 0.2) is 18.1 Å². The van der Waals surface area contributed by atoms with Crippen LogP contribution < -0.4 is 20.3 Å². The molecule has 1 heterocycles. The molecule has 2 aromatic carbocycles. The van der Waals surface area contributed by atoms with Crippen molar-refractivity contribution in [3.8, 4) is 11.5 Å². The molecule has 29 heavy (non-hydrogen) atoms. The Morgan fingerprint density at radius 3 is 2.72 bits per heavy atom. The summed E-state index contributed by atoms with van der Waals surface area (Å²) in [5.74, 6) is 0.867. The molecule has 0 bridgehead atoms. The Morgan fingerprint density at radius 2 is 1.97 bits per heavy atom. The molecule has 0 aliphatic carbocycles. The number of methoxy groups -OCH3 is 1. The number of benzene rings is 2. The average Bonchev–Trinajstić information content (AvgIpc) is 3.21. The van der Waals surface area contributed by atoms with Crippen LogP contribution in [0.3, 0.4) is 0 Å². The van der Waals surface area contributed by atoms with Gasteiger partial charge in [-0.1, -0.05) is 24.3 Å². The van der Waals surface area contributed by atoms with E-state index in [9.17, 15) is 9.18 Å². The Morgan fingerprint density at radius 1 is 1.17 bits per heavy atom. The van der Waals surface area contributed by atoms with Crippen molar-refractivity contribution >= 4 is 5.91 Å². The highest BCUT2D eigenvalue weighted by molar-refractivity contribution is 5.77. The Bertz CT molecular complexity index is 817. The number of hydrogen-bond acceptors (Lipinski definition) is 5. The van der Waals surface area contributed by atoms with Crippen LogP contribution in [0.25, 0.3) is 0 Å². The monoisotopic (exact) mass is 401 g/mol. The van der Waals surface area contributed by atoms with Crippen molar-refractivity contribution in [2.45, 2.75) is 31.3 Å². The number of carbonyl (C=O) groups excluding carboxylic acids is 1. The van der Waals surface area contributed by atoms with Crippen molar-refractivity contribution in [2.75, 3.05) is 27.3 Å². The molecule has 3 rings (SSSR count). The maximum atomic E-state index is 13.4. The number of nitrogens with one attached hydrogen (secondary N) is 2. The molecule has 1 fully saturated rings. The lowest BCUT2D eigenvalue weighted by Gasteiger charge is -2.19. The lowest BCUT2D eigenvalue weighted by Crippen LogP contribution is -2.34. The van der Waals surface area contributed by atoms with E-state index in [4.69, 9.17) is 9.47 Å². The molecule has 1 aliphatic rings. The summed E-state index contributed by atoms with van der Waals surface area (Å²) in [6.07, 6.45) is 2.67. The van der Waals surface area contributed by atoms with Gasteiger partial charge in [0, 0.05) is 25.7 Å². The molecule has 2 aromatic rings. The highest BCUT2D eigenvalue weighted by Crippen LogP contribution is 2.26. The molecular formula is C22H28FN3O3. The largest absolute Gasteiger partial charge is 0.493 e. The van der Waals surface area contributed by atoms with Gasteiger partial charge in [-0.3, -0.25) is 15.6 Å². The zero-order valence-electron chi connectivity index (χ0n) is 16.9. The minimum atomic E-state index is -0.219. The number of ether oxygens (including phenoxy) is 2. The maximum Gasteiger partial charge on any atom is 0.260 e. The second kappa shape index (κ2) is 10.2. The van der Waals surface area contributed by atoms with E-state index < -0.39 is 0 Å². The molecule has 2 unspecified atom stereocenters. The molecule has 2 N–H and O–H groups in total. The summed E-state index contributed by atoms with van der Waals surface area (Å²) < 4.78 is 24.2. The lowest BCUT2D eigenvalue weighted by atomic mass is 9.99. The first-order valence-corrected chi connectivity index (χ1v) is 9.83. The van der Waals surface area contributed by atoms with Crippen LogP contribution in [0.1, 0.15) is 30.9 Å². The Balaban J connectivity index is 1.37. The van der Waals surface area contributed by atoms with Crippen molar-refractivity contribution in [1.29, 1.82) is 0 Å². The van der Waals surface area contributed by atoms with Gasteiger partial charge in [0.1, 0.15) is 5.82 Å². The van der Waals surface area contributed by atoms with E-state index >= 15 is 0 Å². The number of likely N-dealkylation sites (N-methyl/N-ethyl adjacent to an activating group) is 1. The summed E-state index contributed by atoms with van der Waals surface area (Å²) in [6, 6.07) is 14.3. The van der Waals surface area contributed by atoms with Gasteiger partial charge in [-0.2, -0.15) is 0 Å². The van der Waals surface area contributed by atoms with E-state index in [1.165, 1.54) is 6.07 Å². The van der Waals surface area contributed by atoms with Crippen LogP contribution in [0.15, 0.2) is 48.5 Å². The van der Waals surface area contributed by atoms with Crippen LogP contribution in [0.5, 0.6) is 11.5 Å². The Kier molecular flexibility index (Phi) is 7.43. The van der Waals surface area contributed by atoms with Gasteiger partial charge in [-0.05, 0) is 49.1 Å². The number of para-hydroxylation sites is 2. The minimum Gasteiger partial charge on any atom is -0.493 e. The van der Waals surface area contributed by atoms with Gasteiger partial charge >= 0.3 is 0 Å². The predicted molar refractivity (Wildman–Crippen MR) is 109 cm³/mol. The fourth-order valence-corrected chi connectivity index (χ4v) is 3.44. The second-order valence-electron chi connectivity index (χ2n) is 7.23. The zero-order chi connectivity index (χ0) is 20.6. The standard InChI is InChI=1S/C22H28FN3O3/c1-26(22(27)15-29-21-11-4-3-10-20(21)28-2)12-6-9-18-14-19(25-24-18)16-7-5-8-17(23)13-16/h3-5,7-8,10-11,13,18-19,24-25H,6,9,12,14-15H2,1-2H3. The molecule has 1 saturated heterocycles. The van der Waals surface area contributed by atoms with Gasteiger partial charge in [0.05, 0.1) is 7.11 Å². The summed E-state index contributed by atoms with van der Waals surface area (Å²) in [7, 11) is 3.35. The normalized spacial score (nSPS) is 18.4. The molecule has 7 heteroatoms. The number of halogens is 1. The minimum absolute atomic E-state index is 0.0260. The molecule has 6 nitrogen and oxygen atoms in total. The van der Waals surface area contributed by atoms with Crippen LogP contribution >= 0.6 is 0 Å². The van der Waals surface area contributed by atoms with Crippen molar-refractivity contribution in [2.24, 2.45) is 0 Å². The van der Waals surface area contributed by atoms with Crippen LogP contribution in [0.4, 0.5) is 4.39 Å². The third-order valence-corrected chi connectivity index (χ3v) is 5.13. The van der Waals surface area contributed by atoms with E-state index in [0.29, 0.717) is 18.0 Å². The summed E-state index contributed by atoms with van der Waals surface area (Å²) >= 11 is 0. The molecule has 0 aromatic heterocycles. The van der Waals surface area contributed by atoms with Crippen LogP contribution in [-0.2, 0) is 4.79 Å². The zero-order valence-corrected chi connectivity index (χ0v) is 16.9. The van der Waals surface area contributed by atoms with E-state index in [-0.39, 0.29) is 30.4 Å². The summed E-state index contributed by atoms with van der Waals surface area (Å²) in [6.45, 7) is 0.624. The fourth-order valence-electron chi connectivity index (χ4n) is 3.44. The first-order chi connectivity index (χ1) is 14.1. The number of amides is 1. The van der Waals surface area contributed by atoms with Crippen LogP contribution in [0, 0.1) is 5.82 Å². The van der Waals surface area contributed by atoms with Gasteiger partial charge in [0.2, 0.25) is 0 Å². The lowest BCUT2D eigenvalue weighted by molar-refractivity contribution is -0.132. The first kappa shape index (κ1) is 21.1. The molecule has 1 aliphatic heterocycles. The molecule has 0 spiro atoms. The highest BCUT2D eigenvalue weighted by Gasteiger charge is 2.25. The summed E-state index contributed by atoms with van der Waals surface area (Å²) in [4.78, 5) is 14.0. The molecule has 0 radical (unpaired) electrons. The molecule has 1 amide bonds. The van der Waals surface area contributed by atoms with Gasteiger partial charge < -0.3 is 14.4 Å². The van der Waals surface area contributed by atoms with E-state index in [0.717, 1.165) is 24.8 Å². The highest BCUT2D eigenvalue weighted by atomic mass is 19.1.